The minimum absolute atomic E-state index is 0.133. The molecule has 0 saturated carbocycles. The molecule has 3 aromatic rings. The highest BCUT2D eigenvalue weighted by atomic mass is 19.1. The number of nitrogen functional groups attached to an aromatic ring is 1. The minimum atomic E-state index is -0.718. The topological polar surface area (TPSA) is 77.2 Å². The number of hydrogen-bond acceptors (Lipinski definition) is 4. The van der Waals surface area contributed by atoms with Gasteiger partial charge in [0.05, 0.1) is 5.56 Å². The van der Waals surface area contributed by atoms with E-state index in [4.69, 9.17) is 10.5 Å². The first-order valence-electron chi connectivity index (χ1n) is 10.1. The van der Waals surface area contributed by atoms with Gasteiger partial charge < -0.3 is 15.8 Å². The second-order valence-corrected chi connectivity index (χ2v) is 7.08. The first-order chi connectivity index (χ1) is 14.5. The van der Waals surface area contributed by atoms with Crippen LogP contribution in [0.1, 0.15) is 54.1 Å². The maximum absolute atomic E-state index is 13.0. The third-order valence-corrected chi connectivity index (χ3v) is 5.06. The zero-order valence-electron chi connectivity index (χ0n) is 17.2. The van der Waals surface area contributed by atoms with Crippen molar-refractivity contribution in [3.8, 4) is 11.5 Å². The van der Waals surface area contributed by atoms with Crippen LogP contribution >= 0.6 is 0 Å². The zero-order chi connectivity index (χ0) is 21.5. The van der Waals surface area contributed by atoms with Crippen molar-refractivity contribution in [2.24, 2.45) is 0 Å². The molecule has 3 rings (SSSR count). The highest BCUT2D eigenvalue weighted by molar-refractivity contribution is 5.98. The predicted octanol–water partition coefficient (Wildman–Crippen LogP) is 5.43. The molecule has 3 N–H and O–H groups in total. The second-order valence-electron chi connectivity index (χ2n) is 7.08. The van der Waals surface area contributed by atoms with Crippen molar-refractivity contribution in [3.63, 3.8) is 0 Å². The van der Waals surface area contributed by atoms with Gasteiger partial charge in [-0.25, -0.2) is 4.98 Å². The quantitative estimate of drug-likeness (QED) is 0.488. The lowest BCUT2D eigenvalue weighted by atomic mass is 9.94. The van der Waals surface area contributed by atoms with Crippen LogP contribution in [-0.4, -0.2) is 10.9 Å². The Morgan fingerprint density at radius 1 is 1.07 bits per heavy atom. The first-order valence-corrected chi connectivity index (χ1v) is 10.1. The maximum Gasteiger partial charge on any atom is 0.255 e. The van der Waals surface area contributed by atoms with Crippen LogP contribution in [0.25, 0.3) is 0 Å². The Morgan fingerprint density at radius 2 is 1.80 bits per heavy atom. The van der Waals surface area contributed by atoms with Gasteiger partial charge in [-0.15, -0.1) is 0 Å². The standard InChI is InChI=1S/C24H26FN3O2/c1-3-17(4-2)18-6-5-7-20(14-18)30-19-10-8-16(9-11-19)15-27-24(29)21-12-13-22(25)28-23(21)26/h5-14,17H,3-4,15H2,1-2H3,(H2,26,28)(H,27,29). The number of anilines is 1. The summed E-state index contributed by atoms with van der Waals surface area (Å²) in [5, 5.41) is 2.76. The van der Waals surface area contributed by atoms with Crippen molar-refractivity contribution in [3.05, 3.63) is 83.3 Å². The molecule has 6 heteroatoms. The number of halogens is 1. The Morgan fingerprint density at radius 3 is 2.47 bits per heavy atom. The summed E-state index contributed by atoms with van der Waals surface area (Å²) in [5.74, 6) is 0.805. The number of amides is 1. The number of carbonyl (C=O) groups excluding carboxylic acids is 1. The summed E-state index contributed by atoms with van der Waals surface area (Å²) in [6, 6.07) is 18.1. The molecule has 2 aromatic carbocycles. The van der Waals surface area contributed by atoms with Gasteiger partial charge in [0.1, 0.15) is 17.3 Å². The van der Waals surface area contributed by atoms with E-state index in [1.165, 1.54) is 11.6 Å². The summed E-state index contributed by atoms with van der Waals surface area (Å²) in [6.45, 7) is 4.69. The third-order valence-electron chi connectivity index (χ3n) is 5.06. The zero-order valence-corrected chi connectivity index (χ0v) is 17.2. The van der Waals surface area contributed by atoms with Crippen molar-refractivity contribution in [2.45, 2.75) is 39.2 Å². The number of benzene rings is 2. The van der Waals surface area contributed by atoms with Gasteiger partial charge in [-0.3, -0.25) is 4.79 Å². The van der Waals surface area contributed by atoms with Gasteiger partial charge in [0.2, 0.25) is 5.95 Å². The number of nitrogens with two attached hydrogens (primary N) is 1. The first kappa shape index (κ1) is 21.3. The van der Waals surface area contributed by atoms with E-state index in [1.54, 1.807) is 0 Å². The molecule has 5 nitrogen and oxygen atoms in total. The average molecular weight is 407 g/mol. The molecule has 0 aliphatic rings. The monoisotopic (exact) mass is 407 g/mol. The SMILES string of the molecule is CCC(CC)c1cccc(Oc2ccc(CNC(=O)c3ccc(F)nc3N)cc2)c1. The van der Waals surface area contributed by atoms with Gasteiger partial charge in [0, 0.05) is 6.54 Å². The molecule has 0 bridgehead atoms. The van der Waals surface area contributed by atoms with E-state index >= 15 is 0 Å². The lowest BCUT2D eigenvalue weighted by molar-refractivity contribution is 0.0951. The molecular formula is C24H26FN3O2. The van der Waals surface area contributed by atoms with Crippen molar-refractivity contribution in [1.29, 1.82) is 0 Å². The van der Waals surface area contributed by atoms with Crippen LogP contribution in [0.15, 0.2) is 60.7 Å². The normalized spacial score (nSPS) is 10.8. The smallest absolute Gasteiger partial charge is 0.255 e. The maximum atomic E-state index is 13.0. The van der Waals surface area contributed by atoms with E-state index in [0.29, 0.717) is 12.5 Å². The summed E-state index contributed by atoms with van der Waals surface area (Å²) in [6.07, 6.45) is 2.19. The molecule has 0 unspecified atom stereocenters. The lowest BCUT2D eigenvalue weighted by Gasteiger charge is -2.14. The molecular weight excluding hydrogens is 381 g/mol. The van der Waals surface area contributed by atoms with Crippen LogP contribution in [0.5, 0.6) is 11.5 Å². The fourth-order valence-electron chi connectivity index (χ4n) is 3.32. The molecule has 0 aliphatic carbocycles. The molecule has 156 valence electrons. The summed E-state index contributed by atoms with van der Waals surface area (Å²) in [4.78, 5) is 15.7. The van der Waals surface area contributed by atoms with Gasteiger partial charge in [-0.1, -0.05) is 38.1 Å². The van der Waals surface area contributed by atoms with E-state index in [0.717, 1.165) is 36.0 Å². The van der Waals surface area contributed by atoms with Crippen LogP contribution in [0.4, 0.5) is 10.2 Å². The molecule has 0 fully saturated rings. The Bertz CT molecular complexity index is 1000. The van der Waals surface area contributed by atoms with Crippen LogP contribution in [0, 0.1) is 5.95 Å². The number of carbonyl (C=O) groups is 1. The number of nitrogens with one attached hydrogen (secondary N) is 1. The number of nitrogens with zero attached hydrogens (tertiary/aromatic N) is 1. The van der Waals surface area contributed by atoms with Gasteiger partial charge in [-0.2, -0.15) is 4.39 Å². The van der Waals surface area contributed by atoms with Crippen molar-refractivity contribution >= 4 is 11.7 Å². The van der Waals surface area contributed by atoms with E-state index < -0.39 is 11.9 Å². The molecule has 0 atom stereocenters. The van der Waals surface area contributed by atoms with Gasteiger partial charge in [-0.05, 0) is 66.3 Å². The number of hydrogen-bond donors (Lipinski definition) is 2. The second kappa shape index (κ2) is 9.87. The fourth-order valence-corrected chi connectivity index (χ4v) is 3.32. The van der Waals surface area contributed by atoms with Crippen LogP contribution in [0.3, 0.4) is 0 Å². The summed E-state index contributed by atoms with van der Waals surface area (Å²) in [7, 11) is 0. The molecule has 0 radical (unpaired) electrons. The fraction of sp³-hybridized carbons (Fsp3) is 0.250. The van der Waals surface area contributed by atoms with Crippen molar-refractivity contribution < 1.29 is 13.9 Å². The predicted molar refractivity (Wildman–Crippen MR) is 116 cm³/mol. The highest BCUT2D eigenvalue weighted by Crippen LogP contribution is 2.28. The average Bonchev–Trinajstić information content (AvgIpc) is 2.74. The van der Waals surface area contributed by atoms with Crippen molar-refractivity contribution in [1.82, 2.24) is 10.3 Å². The number of ether oxygens (including phenoxy) is 1. The lowest BCUT2D eigenvalue weighted by Crippen LogP contribution is -2.24. The number of rotatable bonds is 8. The summed E-state index contributed by atoms with van der Waals surface area (Å²) >= 11 is 0. The Hall–Kier alpha value is -3.41. The molecule has 1 aromatic heterocycles. The molecule has 0 spiro atoms. The third kappa shape index (κ3) is 5.35. The Kier molecular flexibility index (Phi) is 7.01. The van der Waals surface area contributed by atoms with Gasteiger partial charge >= 0.3 is 0 Å². The van der Waals surface area contributed by atoms with Crippen LogP contribution < -0.4 is 15.8 Å². The largest absolute Gasteiger partial charge is 0.457 e. The van der Waals surface area contributed by atoms with Crippen LogP contribution in [-0.2, 0) is 6.54 Å². The van der Waals surface area contributed by atoms with Gasteiger partial charge in [0.25, 0.3) is 5.91 Å². The summed E-state index contributed by atoms with van der Waals surface area (Å²) in [5.41, 5.74) is 7.93. The minimum Gasteiger partial charge on any atom is -0.457 e. The molecule has 1 amide bonds. The molecule has 1 heterocycles. The van der Waals surface area contributed by atoms with Gasteiger partial charge in [0.15, 0.2) is 0 Å². The van der Waals surface area contributed by atoms with E-state index in [9.17, 15) is 9.18 Å². The highest BCUT2D eigenvalue weighted by Gasteiger charge is 2.12. The van der Waals surface area contributed by atoms with E-state index in [1.807, 2.05) is 36.4 Å². The molecule has 0 aliphatic heterocycles. The number of aromatic nitrogens is 1. The van der Waals surface area contributed by atoms with Crippen LogP contribution in [0.2, 0.25) is 0 Å². The molecule has 0 saturated heterocycles. The number of pyridine rings is 1. The van der Waals surface area contributed by atoms with Crippen molar-refractivity contribution in [2.75, 3.05) is 5.73 Å². The Labute approximate surface area is 176 Å². The Balaban J connectivity index is 1.60. The van der Waals surface area contributed by atoms with E-state index in [2.05, 4.69) is 36.3 Å². The molecule has 30 heavy (non-hydrogen) atoms. The summed E-state index contributed by atoms with van der Waals surface area (Å²) < 4.78 is 19.0. The van der Waals surface area contributed by atoms with E-state index in [-0.39, 0.29) is 11.4 Å².